The molecule has 0 amide bonds. The summed E-state index contributed by atoms with van der Waals surface area (Å²) in [6.45, 7) is 2.07. The highest BCUT2D eigenvalue weighted by Gasteiger charge is 2.12. The zero-order chi connectivity index (χ0) is 12.5. The largest absolute Gasteiger partial charge is 0.280 e. The van der Waals surface area contributed by atoms with E-state index in [1.165, 1.54) is 5.56 Å². The smallest absolute Gasteiger partial charge is 0.164 e. The predicted octanol–water partition coefficient (Wildman–Crippen LogP) is 3.47. The fourth-order valence-corrected chi connectivity index (χ4v) is 2.27. The van der Waals surface area contributed by atoms with Gasteiger partial charge in [0.05, 0.1) is 5.88 Å². The summed E-state index contributed by atoms with van der Waals surface area (Å²) < 4.78 is 2.01. The van der Waals surface area contributed by atoms with Crippen molar-refractivity contribution in [3.8, 4) is 5.69 Å². The number of imidazole rings is 1. The van der Waals surface area contributed by atoms with Crippen LogP contribution in [0.3, 0.4) is 0 Å². The van der Waals surface area contributed by atoms with Crippen LogP contribution in [0.2, 0.25) is 0 Å². The number of fused-ring (bicyclic) bond motifs is 1. The SMILES string of the molecule is Cc1cccc(-n2c(CCl)nc3cccnc32)c1. The molecule has 0 aliphatic rings. The van der Waals surface area contributed by atoms with Crippen molar-refractivity contribution in [1.82, 2.24) is 14.5 Å². The molecule has 0 N–H and O–H groups in total. The lowest BCUT2D eigenvalue weighted by atomic mass is 10.2. The molecule has 18 heavy (non-hydrogen) atoms. The van der Waals surface area contributed by atoms with E-state index in [1.807, 2.05) is 28.8 Å². The van der Waals surface area contributed by atoms with Gasteiger partial charge in [-0.3, -0.25) is 4.57 Å². The molecule has 0 aliphatic heterocycles. The predicted molar refractivity (Wildman–Crippen MR) is 73.2 cm³/mol. The Morgan fingerprint density at radius 2 is 2.11 bits per heavy atom. The van der Waals surface area contributed by atoms with Crippen LogP contribution < -0.4 is 0 Å². The van der Waals surface area contributed by atoms with E-state index in [0.29, 0.717) is 5.88 Å². The molecule has 4 heteroatoms. The van der Waals surface area contributed by atoms with E-state index in [0.717, 1.165) is 22.7 Å². The van der Waals surface area contributed by atoms with Gasteiger partial charge < -0.3 is 0 Å². The Kier molecular flexibility index (Phi) is 2.76. The average Bonchev–Trinajstić information content (AvgIpc) is 2.77. The highest BCUT2D eigenvalue weighted by atomic mass is 35.5. The quantitative estimate of drug-likeness (QED) is 0.658. The van der Waals surface area contributed by atoms with Crippen molar-refractivity contribution in [2.75, 3.05) is 0 Å². The Morgan fingerprint density at radius 1 is 1.22 bits per heavy atom. The second-order valence-corrected chi connectivity index (χ2v) is 4.45. The van der Waals surface area contributed by atoms with E-state index in [9.17, 15) is 0 Å². The van der Waals surface area contributed by atoms with Crippen LogP contribution in [0.5, 0.6) is 0 Å². The molecule has 0 saturated carbocycles. The minimum atomic E-state index is 0.365. The summed E-state index contributed by atoms with van der Waals surface area (Å²) in [4.78, 5) is 8.90. The van der Waals surface area contributed by atoms with Gasteiger partial charge in [-0.05, 0) is 36.8 Å². The number of alkyl halides is 1. The minimum absolute atomic E-state index is 0.365. The lowest BCUT2D eigenvalue weighted by Gasteiger charge is -2.07. The lowest BCUT2D eigenvalue weighted by Crippen LogP contribution is -2.00. The number of nitrogens with zero attached hydrogens (tertiary/aromatic N) is 3. The second-order valence-electron chi connectivity index (χ2n) is 4.18. The van der Waals surface area contributed by atoms with Crippen LogP contribution in [0, 0.1) is 6.92 Å². The molecular weight excluding hydrogens is 246 g/mol. The molecule has 90 valence electrons. The Morgan fingerprint density at radius 3 is 2.89 bits per heavy atom. The fraction of sp³-hybridized carbons (Fsp3) is 0.143. The highest BCUT2D eigenvalue weighted by Crippen LogP contribution is 2.21. The summed E-state index contributed by atoms with van der Waals surface area (Å²) in [7, 11) is 0. The molecule has 0 unspecified atom stereocenters. The van der Waals surface area contributed by atoms with Gasteiger partial charge in [0.15, 0.2) is 5.65 Å². The standard InChI is InChI=1S/C14H12ClN3/c1-10-4-2-5-11(8-10)18-13(9-15)17-12-6-3-7-16-14(12)18/h2-8H,9H2,1H3. The third-order valence-electron chi connectivity index (χ3n) is 2.86. The van der Waals surface area contributed by atoms with E-state index < -0.39 is 0 Å². The fourth-order valence-electron chi connectivity index (χ4n) is 2.09. The van der Waals surface area contributed by atoms with Gasteiger partial charge in [-0.2, -0.15) is 0 Å². The van der Waals surface area contributed by atoms with Crippen molar-refractivity contribution in [1.29, 1.82) is 0 Å². The summed E-state index contributed by atoms with van der Waals surface area (Å²) >= 11 is 5.98. The molecule has 0 bridgehead atoms. The normalized spacial score (nSPS) is 11.0. The third-order valence-corrected chi connectivity index (χ3v) is 3.10. The van der Waals surface area contributed by atoms with E-state index in [-0.39, 0.29) is 0 Å². The first-order valence-corrected chi connectivity index (χ1v) is 6.28. The molecular formula is C14H12ClN3. The average molecular weight is 258 g/mol. The topological polar surface area (TPSA) is 30.7 Å². The summed E-state index contributed by atoms with van der Waals surface area (Å²) in [5, 5.41) is 0. The Labute approximate surface area is 110 Å². The third kappa shape index (κ3) is 1.77. The summed E-state index contributed by atoms with van der Waals surface area (Å²) in [5.41, 5.74) is 3.96. The number of benzene rings is 1. The van der Waals surface area contributed by atoms with Crippen molar-refractivity contribution in [3.05, 3.63) is 54.0 Å². The molecule has 3 rings (SSSR count). The molecule has 2 aromatic heterocycles. The number of aromatic nitrogens is 3. The molecule has 0 radical (unpaired) electrons. The van der Waals surface area contributed by atoms with Crippen LogP contribution in [0.4, 0.5) is 0 Å². The molecule has 0 spiro atoms. The van der Waals surface area contributed by atoms with Crippen molar-refractivity contribution in [2.24, 2.45) is 0 Å². The van der Waals surface area contributed by atoms with E-state index in [2.05, 4.69) is 29.0 Å². The number of halogens is 1. The van der Waals surface area contributed by atoms with Crippen molar-refractivity contribution in [3.63, 3.8) is 0 Å². The maximum atomic E-state index is 5.98. The molecule has 3 aromatic rings. The molecule has 0 saturated heterocycles. The van der Waals surface area contributed by atoms with Gasteiger partial charge in [0, 0.05) is 11.9 Å². The first-order chi connectivity index (χ1) is 8.79. The van der Waals surface area contributed by atoms with Gasteiger partial charge in [-0.15, -0.1) is 11.6 Å². The van der Waals surface area contributed by atoms with Crippen molar-refractivity contribution < 1.29 is 0 Å². The number of pyridine rings is 1. The van der Waals surface area contributed by atoms with Crippen LogP contribution in [-0.4, -0.2) is 14.5 Å². The van der Waals surface area contributed by atoms with Crippen LogP contribution in [0.15, 0.2) is 42.6 Å². The number of hydrogen-bond donors (Lipinski definition) is 0. The van der Waals surface area contributed by atoms with Crippen molar-refractivity contribution in [2.45, 2.75) is 12.8 Å². The summed E-state index contributed by atoms with van der Waals surface area (Å²) in [6.07, 6.45) is 1.77. The summed E-state index contributed by atoms with van der Waals surface area (Å²) in [5.74, 6) is 1.18. The van der Waals surface area contributed by atoms with Gasteiger partial charge in [-0.25, -0.2) is 9.97 Å². The van der Waals surface area contributed by atoms with E-state index in [1.54, 1.807) is 6.20 Å². The zero-order valence-corrected chi connectivity index (χ0v) is 10.7. The molecule has 1 aromatic carbocycles. The maximum Gasteiger partial charge on any atom is 0.164 e. The van der Waals surface area contributed by atoms with Gasteiger partial charge in [0.25, 0.3) is 0 Å². The molecule has 0 aliphatic carbocycles. The molecule has 0 fully saturated rings. The van der Waals surface area contributed by atoms with E-state index in [4.69, 9.17) is 11.6 Å². The van der Waals surface area contributed by atoms with Crippen LogP contribution in [0.25, 0.3) is 16.9 Å². The second kappa shape index (κ2) is 4.42. The maximum absolute atomic E-state index is 5.98. The number of rotatable bonds is 2. The monoisotopic (exact) mass is 257 g/mol. The van der Waals surface area contributed by atoms with E-state index >= 15 is 0 Å². The lowest BCUT2D eigenvalue weighted by molar-refractivity contribution is 0.968. The molecule has 3 nitrogen and oxygen atoms in total. The van der Waals surface area contributed by atoms with Gasteiger partial charge in [0.1, 0.15) is 11.3 Å². The first kappa shape index (κ1) is 11.2. The van der Waals surface area contributed by atoms with Gasteiger partial charge in [-0.1, -0.05) is 12.1 Å². The van der Waals surface area contributed by atoms with Crippen LogP contribution in [-0.2, 0) is 5.88 Å². The molecule has 0 atom stereocenters. The molecule has 2 heterocycles. The minimum Gasteiger partial charge on any atom is -0.280 e. The summed E-state index contributed by atoms with van der Waals surface area (Å²) in [6, 6.07) is 12.1. The van der Waals surface area contributed by atoms with Crippen molar-refractivity contribution >= 4 is 22.8 Å². The highest BCUT2D eigenvalue weighted by molar-refractivity contribution is 6.16. The first-order valence-electron chi connectivity index (χ1n) is 5.75. The Hall–Kier alpha value is -1.87. The zero-order valence-electron chi connectivity index (χ0n) is 9.97. The number of hydrogen-bond acceptors (Lipinski definition) is 2. The van der Waals surface area contributed by atoms with Gasteiger partial charge >= 0.3 is 0 Å². The van der Waals surface area contributed by atoms with Crippen LogP contribution in [0.1, 0.15) is 11.4 Å². The number of aryl methyl sites for hydroxylation is 1. The van der Waals surface area contributed by atoms with Crippen LogP contribution >= 0.6 is 11.6 Å². The Balaban J connectivity index is 2.33. The van der Waals surface area contributed by atoms with Gasteiger partial charge in [0.2, 0.25) is 0 Å². The Bertz CT molecular complexity index is 703.